The molecule has 0 unspecified atom stereocenters. The first-order valence-corrected chi connectivity index (χ1v) is 10.2. The molecule has 1 fully saturated rings. The second-order valence-corrected chi connectivity index (χ2v) is 7.39. The van der Waals surface area contributed by atoms with Crippen LogP contribution in [0.15, 0.2) is 65.8 Å². The van der Waals surface area contributed by atoms with E-state index < -0.39 is 12.1 Å². The number of ether oxygens (including phenoxy) is 1. The van der Waals surface area contributed by atoms with Gasteiger partial charge in [0.25, 0.3) is 5.91 Å². The summed E-state index contributed by atoms with van der Waals surface area (Å²) in [6.45, 7) is 2.08. The first-order valence-electron chi connectivity index (χ1n) is 10.2. The highest BCUT2D eigenvalue weighted by Gasteiger charge is 2.33. The maximum atomic E-state index is 13.1. The van der Waals surface area contributed by atoms with Gasteiger partial charge in [-0.05, 0) is 11.1 Å². The summed E-state index contributed by atoms with van der Waals surface area (Å²) in [5.74, 6) is -0.426. The SMILES string of the molecule is O=C(N[C@H](Cc1ccccc1)C(=O)N1CCOCC1)[C@@H]1CC(c2ccccc2)=NO1. The van der Waals surface area contributed by atoms with E-state index in [1.54, 1.807) is 4.90 Å². The molecule has 1 N–H and O–H groups in total. The van der Waals surface area contributed by atoms with Crippen LogP contribution in [-0.4, -0.2) is 60.9 Å². The number of rotatable bonds is 6. The molecule has 156 valence electrons. The van der Waals surface area contributed by atoms with Crippen LogP contribution >= 0.6 is 0 Å². The van der Waals surface area contributed by atoms with Gasteiger partial charge in [0.15, 0.2) is 0 Å². The van der Waals surface area contributed by atoms with Crippen LogP contribution in [-0.2, 0) is 25.6 Å². The lowest BCUT2D eigenvalue weighted by Crippen LogP contribution is -2.54. The van der Waals surface area contributed by atoms with Gasteiger partial charge in [0.05, 0.1) is 18.9 Å². The second kappa shape index (κ2) is 9.54. The van der Waals surface area contributed by atoms with E-state index in [2.05, 4.69) is 10.5 Å². The first kappa shape index (κ1) is 20.1. The van der Waals surface area contributed by atoms with Crippen molar-refractivity contribution in [2.24, 2.45) is 5.16 Å². The zero-order valence-electron chi connectivity index (χ0n) is 16.7. The third-order valence-electron chi connectivity index (χ3n) is 5.29. The highest BCUT2D eigenvalue weighted by Crippen LogP contribution is 2.17. The third kappa shape index (κ3) is 4.86. The summed E-state index contributed by atoms with van der Waals surface area (Å²) in [4.78, 5) is 33.2. The molecule has 0 bridgehead atoms. The van der Waals surface area contributed by atoms with Gasteiger partial charge < -0.3 is 19.8 Å². The Morgan fingerprint density at radius 1 is 1.03 bits per heavy atom. The smallest absolute Gasteiger partial charge is 0.265 e. The molecule has 2 heterocycles. The number of hydrogen-bond donors (Lipinski definition) is 1. The molecule has 0 aromatic heterocycles. The Hall–Kier alpha value is -3.19. The van der Waals surface area contributed by atoms with Gasteiger partial charge in [-0.1, -0.05) is 65.8 Å². The van der Waals surface area contributed by atoms with E-state index in [9.17, 15) is 9.59 Å². The molecule has 4 rings (SSSR count). The van der Waals surface area contributed by atoms with Gasteiger partial charge in [-0.2, -0.15) is 0 Å². The lowest BCUT2D eigenvalue weighted by molar-refractivity contribution is -0.142. The zero-order valence-corrected chi connectivity index (χ0v) is 16.7. The van der Waals surface area contributed by atoms with Gasteiger partial charge in [-0.3, -0.25) is 9.59 Å². The third-order valence-corrected chi connectivity index (χ3v) is 5.29. The summed E-state index contributed by atoms with van der Waals surface area (Å²) in [5.41, 5.74) is 2.64. The van der Waals surface area contributed by atoms with Crippen LogP contribution in [0.1, 0.15) is 17.5 Å². The molecule has 30 heavy (non-hydrogen) atoms. The molecule has 7 nitrogen and oxygen atoms in total. The molecule has 2 aromatic carbocycles. The summed E-state index contributed by atoms with van der Waals surface area (Å²) >= 11 is 0. The van der Waals surface area contributed by atoms with Crippen molar-refractivity contribution in [2.45, 2.75) is 25.0 Å². The zero-order chi connectivity index (χ0) is 20.8. The predicted molar refractivity (Wildman–Crippen MR) is 112 cm³/mol. The molecule has 0 spiro atoms. The fourth-order valence-electron chi connectivity index (χ4n) is 3.64. The van der Waals surface area contributed by atoms with Crippen LogP contribution in [0.4, 0.5) is 0 Å². The number of morpholine rings is 1. The van der Waals surface area contributed by atoms with Gasteiger partial charge in [0, 0.05) is 25.9 Å². The molecule has 2 atom stereocenters. The lowest BCUT2D eigenvalue weighted by Gasteiger charge is -2.31. The van der Waals surface area contributed by atoms with Crippen LogP contribution in [0.25, 0.3) is 0 Å². The highest BCUT2D eigenvalue weighted by atomic mass is 16.6. The van der Waals surface area contributed by atoms with Crippen LogP contribution in [0.2, 0.25) is 0 Å². The van der Waals surface area contributed by atoms with E-state index in [4.69, 9.17) is 9.57 Å². The monoisotopic (exact) mass is 407 g/mol. The van der Waals surface area contributed by atoms with E-state index >= 15 is 0 Å². The molecule has 1 saturated heterocycles. The maximum Gasteiger partial charge on any atom is 0.265 e. The minimum Gasteiger partial charge on any atom is -0.382 e. The number of nitrogens with zero attached hydrogens (tertiary/aromatic N) is 2. The van der Waals surface area contributed by atoms with Crippen molar-refractivity contribution in [3.8, 4) is 0 Å². The van der Waals surface area contributed by atoms with E-state index in [0.29, 0.717) is 39.1 Å². The Kier molecular flexibility index (Phi) is 6.39. The van der Waals surface area contributed by atoms with E-state index in [0.717, 1.165) is 16.8 Å². The standard InChI is InChI=1S/C23H25N3O4/c27-22(21-16-19(25-30-21)18-9-5-2-6-10-18)24-20(15-17-7-3-1-4-8-17)23(28)26-11-13-29-14-12-26/h1-10,20-21H,11-16H2,(H,24,27)/t20-,21+/m1/s1. The Bertz CT molecular complexity index is 895. The minimum atomic E-state index is -0.740. The number of oxime groups is 1. The second-order valence-electron chi connectivity index (χ2n) is 7.39. The van der Waals surface area contributed by atoms with Gasteiger partial charge in [0.1, 0.15) is 6.04 Å². The molecular formula is C23H25N3O4. The maximum absolute atomic E-state index is 13.1. The summed E-state index contributed by atoms with van der Waals surface area (Å²) in [6.07, 6.45) is 0.0533. The van der Waals surface area contributed by atoms with Crippen molar-refractivity contribution >= 4 is 17.5 Å². The fourth-order valence-corrected chi connectivity index (χ4v) is 3.64. The molecule has 2 aliphatic rings. The molecule has 0 aliphatic carbocycles. The minimum absolute atomic E-state index is 0.0994. The van der Waals surface area contributed by atoms with Crippen LogP contribution in [0.5, 0.6) is 0 Å². The van der Waals surface area contributed by atoms with E-state index in [1.807, 2.05) is 60.7 Å². The molecule has 7 heteroatoms. The first-order chi connectivity index (χ1) is 14.7. The normalized spacial score (nSPS) is 19.5. The summed E-state index contributed by atoms with van der Waals surface area (Å²) in [6, 6.07) is 18.6. The average molecular weight is 407 g/mol. The number of carbonyl (C=O) groups excluding carboxylic acids is 2. The van der Waals surface area contributed by atoms with Crippen molar-refractivity contribution < 1.29 is 19.2 Å². The topological polar surface area (TPSA) is 80.2 Å². The average Bonchev–Trinajstić information content (AvgIpc) is 3.31. The van der Waals surface area contributed by atoms with Crippen molar-refractivity contribution in [1.29, 1.82) is 0 Å². The predicted octanol–water partition coefficient (Wildman–Crippen LogP) is 1.77. The van der Waals surface area contributed by atoms with Gasteiger partial charge in [0.2, 0.25) is 12.0 Å². The quantitative estimate of drug-likeness (QED) is 0.791. The Balaban J connectivity index is 1.43. The molecule has 2 amide bonds. The van der Waals surface area contributed by atoms with E-state index in [-0.39, 0.29) is 11.8 Å². The Labute approximate surface area is 175 Å². The van der Waals surface area contributed by atoms with Crippen molar-refractivity contribution in [2.75, 3.05) is 26.3 Å². The number of benzene rings is 2. The van der Waals surface area contributed by atoms with E-state index in [1.165, 1.54) is 0 Å². The largest absolute Gasteiger partial charge is 0.382 e. The van der Waals surface area contributed by atoms with Crippen molar-refractivity contribution in [3.63, 3.8) is 0 Å². The molecular weight excluding hydrogens is 382 g/mol. The number of nitrogens with one attached hydrogen (secondary N) is 1. The van der Waals surface area contributed by atoms with Crippen LogP contribution < -0.4 is 5.32 Å². The van der Waals surface area contributed by atoms with Gasteiger partial charge in [-0.25, -0.2) is 0 Å². The summed E-state index contributed by atoms with van der Waals surface area (Å²) in [5, 5.41) is 6.99. The van der Waals surface area contributed by atoms with Crippen LogP contribution in [0.3, 0.4) is 0 Å². The van der Waals surface area contributed by atoms with Crippen molar-refractivity contribution in [1.82, 2.24) is 10.2 Å². The molecule has 0 saturated carbocycles. The Morgan fingerprint density at radius 2 is 1.70 bits per heavy atom. The summed E-state index contributed by atoms with van der Waals surface area (Å²) < 4.78 is 5.35. The van der Waals surface area contributed by atoms with Gasteiger partial charge >= 0.3 is 0 Å². The van der Waals surface area contributed by atoms with Crippen LogP contribution in [0, 0.1) is 0 Å². The fraction of sp³-hybridized carbons (Fsp3) is 0.348. The Morgan fingerprint density at radius 3 is 2.40 bits per heavy atom. The summed E-state index contributed by atoms with van der Waals surface area (Å²) in [7, 11) is 0. The molecule has 0 radical (unpaired) electrons. The lowest BCUT2D eigenvalue weighted by atomic mass is 10.0. The molecule has 2 aliphatic heterocycles. The number of amides is 2. The molecule has 2 aromatic rings. The number of hydrogen-bond acceptors (Lipinski definition) is 5. The number of carbonyl (C=O) groups is 2. The van der Waals surface area contributed by atoms with Crippen molar-refractivity contribution in [3.05, 3.63) is 71.8 Å². The van der Waals surface area contributed by atoms with Gasteiger partial charge in [-0.15, -0.1) is 0 Å². The highest BCUT2D eigenvalue weighted by molar-refractivity contribution is 6.04.